The van der Waals surface area contributed by atoms with Crippen LogP contribution in [0.5, 0.6) is 11.5 Å². The second kappa shape index (κ2) is 11.7. The van der Waals surface area contributed by atoms with Crippen molar-refractivity contribution in [3.63, 3.8) is 0 Å². The molecule has 0 fully saturated rings. The van der Waals surface area contributed by atoms with E-state index in [9.17, 15) is 13.2 Å². The second-order valence-corrected chi connectivity index (χ2v) is 13.1. The molecule has 0 spiro atoms. The molecule has 0 saturated carbocycles. The topological polar surface area (TPSA) is 88.6 Å². The van der Waals surface area contributed by atoms with Crippen molar-refractivity contribution in [2.75, 3.05) is 0 Å². The maximum atomic E-state index is 10.7. The van der Waals surface area contributed by atoms with Crippen molar-refractivity contribution in [1.82, 2.24) is 4.98 Å². The van der Waals surface area contributed by atoms with Crippen LogP contribution in [0.25, 0.3) is 0 Å². The molecule has 6 nitrogen and oxygen atoms in total. The third kappa shape index (κ3) is 10.3. The Morgan fingerprint density at radius 1 is 0.730 bits per heavy atom. The van der Waals surface area contributed by atoms with Gasteiger partial charge in [0.25, 0.3) is 5.03 Å². The lowest BCUT2D eigenvalue weighted by atomic mass is 10.2. The van der Waals surface area contributed by atoms with Crippen LogP contribution in [-0.2, 0) is 21.0 Å². The Kier molecular flexibility index (Phi) is 9.67. The first-order valence-corrected chi connectivity index (χ1v) is 13.7. The number of hydrogen-bond acceptors (Lipinski definition) is 6. The van der Waals surface area contributed by atoms with E-state index in [1.807, 2.05) is 42.6 Å². The summed E-state index contributed by atoms with van der Waals surface area (Å²) >= 11 is 0. The first-order chi connectivity index (χ1) is 16.9. The van der Waals surface area contributed by atoms with Gasteiger partial charge in [-0.1, -0.05) is 6.07 Å². The Bertz CT molecular complexity index is 1180. The summed E-state index contributed by atoms with van der Waals surface area (Å²) in [5.41, 5.74) is -6.08. The number of alkyl halides is 3. The van der Waals surface area contributed by atoms with Gasteiger partial charge in [-0.3, -0.25) is 0 Å². The molecule has 202 valence electrons. The molecular formula is C26H30F3NO5S2. The zero-order chi connectivity index (χ0) is 28.1. The van der Waals surface area contributed by atoms with Gasteiger partial charge in [0.15, 0.2) is 19.9 Å². The van der Waals surface area contributed by atoms with Crippen molar-refractivity contribution >= 4 is 21.0 Å². The van der Waals surface area contributed by atoms with Crippen molar-refractivity contribution in [2.45, 2.75) is 73.1 Å². The van der Waals surface area contributed by atoms with E-state index in [0.29, 0.717) is 0 Å². The number of benzene rings is 2. The average molecular weight is 558 g/mol. The molecule has 0 bridgehead atoms. The average Bonchev–Trinajstić information content (AvgIpc) is 2.74. The molecule has 0 saturated heterocycles. The minimum absolute atomic E-state index is 0.215. The summed E-state index contributed by atoms with van der Waals surface area (Å²) in [4.78, 5) is 7.05. The summed E-state index contributed by atoms with van der Waals surface area (Å²) in [5.74, 6) is 1.75. The quantitative estimate of drug-likeness (QED) is 0.200. The fourth-order valence-electron chi connectivity index (χ4n) is 2.84. The van der Waals surface area contributed by atoms with Gasteiger partial charge in [-0.05, 0) is 96.1 Å². The lowest BCUT2D eigenvalue weighted by Crippen LogP contribution is -2.23. The lowest BCUT2D eigenvalue weighted by molar-refractivity contribution is -0.0517. The second-order valence-electron chi connectivity index (χ2n) is 9.75. The van der Waals surface area contributed by atoms with Crippen LogP contribution in [0.1, 0.15) is 41.5 Å². The van der Waals surface area contributed by atoms with Crippen molar-refractivity contribution in [1.29, 1.82) is 0 Å². The van der Waals surface area contributed by atoms with Gasteiger partial charge in [-0.2, -0.15) is 13.2 Å². The SMILES string of the molecule is CC(C)(C)Oc1ccc([S+](c2ccc(OC(C)(C)C)cc2)c2ccccn2)cc1.O=S(=O)([O-])C(F)(F)F. The van der Waals surface area contributed by atoms with Crippen molar-refractivity contribution < 1.29 is 35.6 Å². The molecule has 0 aliphatic heterocycles. The normalized spacial score (nSPS) is 12.5. The highest BCUT2D eigenvalue weighted by atomic mass is 32.2. The Morgan fingerprint density at radius 2 is 1.11 bits per heavy atom. The highest BCUT2D eigenvalue weighted by molar-refractivity contribution is 7.97. The van der Waals surface area contributed by atoms with E-state index < -0.39 is 15.6 Å². The molecule has 0 unspecified atom stereocenters. The molecule has 1 aromatic heterocycles. The summed E-state index contributed by atoms with van der Waals surface area (Å²) in [5, 5.41) is 1.04. The largest absolute Gasteiger partial charge is 0.741 e. The summed E-state index contributed by atoms with van der Waals surface area (Å²) in [6.45, 7) is 12.3. The van der Waals surface area contributed by atoms with Gasteiger partial charge in [-0.15, -0.1) is 0 Å². The fourth-order valence-corrected chi connectivity index (χ4v) is 4.79. The lowest BCUT2D eigenvalue weighted by Gasteiger charge is -2.21. The maximum absolute atomic E-state index is 10.7. The number of rotatable bonds is 5. The summed E-state index contributed by atoms with van der Waals surface area (Å²) in [7, 11) is -6.39. The van der Waals surface area contributed by atoms with E-state index in [0.717, 1.165) is 16.5 Å². The maximum Gasteiger partial charge on any atom is 0.485 e. The van der Waals surface area contributed by atoms with Crippen LogP contribution >= 0.6 is 0 Å². The molecule has 2 aromatic carbocycles. The van der Waals surface area contributed by atoms with Crippen LogP contribution < -0.4 is 9.47 Å². The summed E-state index contributed by atoms with van der Waals surface area (Å²) in [6.07, 6.45) is 1.85. The molecule has 0 amide bonds. The predicted octanol–water partition coefficient (Wildman–Crippen LogP) is 6.58. The zero-order valence-corrected chi connectivity index (χ0v) is 23.0. The first kappa shape index (κ1) is 30.5. The van der Waals surface area contributed by atoms with Crippen molar-refractivity contribution in [3.05, 3.63) is 72.9 Å². The van der Waals surface area contributed by atoms with Gasteiger partial charge in [0, 0.05) is 12.3 Å². The van der Waals surface area contributed by atoms with Crippen LogP contribution in [0.2, 0.25) is 0 Å². The first-order valence-electron chi connectivity index (χ1n) is 11.1. The number of nitrogens with zero attached hydrogens (tertiary/aromatic N) is 1. The zero-order valence-electron chi connectivity index (χ0n) is 21.4. The van der Waals surface area contributed by atoms with Crippen LogP contribution in [0.4, 0.5) is 13.2 Å². The van der Waals surface area contributed by atoms with Crippen molar-refractivity contribution in [3.8, 4) is 11.5 Å². The van der Waals surface area contributed by atoms with Gasteiger partial charge in [-0.25, -0.2) is 13.4 Å². The van der Waals surface area contributed by atoms with Crippen LogP contribution in [0, 0.1) is 0 Å². The van der Waals surface area contributed by atoms with Crippen LogP contribution in [-0.4, -0.2) is 34.7 Å². The van der Waals surface area contributed by atoms with Gasteiger partial charge in [0.2, 0.25) is 0 Å². The predicted molar refractivity (Wildman–Crippen MR) is 136 cm³/mol. The standard InChI is InChI=1S/C25H30NO2S.CHF3O3S/c1-24(2,3)27-19-10-14-21(15-11-19)29(23-9-7-8-18-26-23)22-16-12-20(13-17-22)28-25(4,5)6;2-1(3,4)8(5,6)7/h7-18H,1-6H3;(H,5,6,7)/q+1;/p-1. The smallest absolute Gasteiger partial charge is 0.485 e. The highest BCUT2D eigenvalue weighted by Gasteiger charge is 2.37. The minimum Gasteiger partial charge on any atom is -0.741 e. The van der Waals surface area contributed by atoms with E-state index in [4.69, 9.17) is 22.4 Å². The Morgan fingerprint density at radius 3 is 1.38 bits per heavy atom. The monoisotopic (exact) mass is 557 g/mol. The van der Waals surface area contributed by atoms with E-state index >= 15 is 0 Å². The van der Waals surface area contributed by atoms with E-state index in [1.165, 1.54) is 9.79 Å². The van der Waals surface area contributed by atoms with Gasteiger partial charge < -0.3 is 14.0 Å². The number of pyridine rings is 1. The summed E-state index contributed by atoms with van der Waals surface area (Å²) in [6, 6.07) is 22.8. The molecule has 3 rings (SSSR count). The van der Waals surface area contributed by atoms with Crippen LogP contribution in [0.3, 0.4) is 0 Å². The van der Waals surface area contributed by atoms with Crippen LogP contribution in [0.15, 0.2) is 87.7 Å². The Balaban J connectivity index is 0.000000521. The number of aromatic nitrogens is 1. The van der Waals surface area contributed by atoms with E-state index in [-0.39, 0.29) is 22.1 Å². The number of hydrogen-bond donors (Lipinski definition) is 0. The van der Waals surface area contributed by atoms with Crippen molar-refractivity contribution in [2.24, 2.45) is 0 Å². The molecule has 0 aliphatic rings. The third-order valence-corrected chi connectivity index (χ3v) is 6.81. The van der Waals surface area contributed by atoms with Gasteiger partial charge in [0.1, 0.15) is 33.6 Å². The van der Waals surface area contributed by atoms with Gasteiger partial charge in [0.05, 0.1) is 0 Å². The van der Waals surface area contributed by atoms with E-state index in [2.05, 4.69) is 76.9 Å². The molecule has 37 heavy (non-hydrogen) atoms. The van der Waals surface area contributed by atoms with E-state index in [1.54, 1.807) is 0 Å². The third-order valence-electron chi connectivity index (χ3n) is 4.10. The summed E-state index contributed by atoms with van der Waals surface area (Å²) < 4.78 is 70.9. The molecule has 0 atom stereocenters. The number of halogens is 3. The Hall–Kier alpha value is -2.76. The molecule has 11 heteroatoms. The molecule has 0 radical (unpaired) electrons. The molecule has 1 heterocycles. The molecular weight excluding hydrogens is 527 g/mol. The fraction of sp³-hybridized carbons (Fsp3) is 0.346. The number of ether oxygens (including phenoxy) is 2. The Labute approximate surface area is 218 Å². The molecule has 0 N–H and O–H groups in total. The molecule has 0 aliphatic carbocycles. The molecule has 3 aromatic rings. The highest BCUT2D eigenvalue weighted by Crippen LogP contribution is 2.33. The van der Waals surface area contributed by atoms with Gasteiger partial charge >= 0.3 is 5.51 Å². The minimum atomic E-state index is -6.09.